The maximum absolute atomic E-state index is 12.9. The summed E-state index contributed by atoms with van der Waals surface area (Å²) < 4.78 is 0. The molecule has 3 nitrogen and oxygen atoms in total. The quantitative estimate of drug-likeness (QED) is 0.848. The molecule has 4 unspecified atom stereocenters. The van der Waals surface area contributed by atoms with Crippen LogP contribution in [0.2, 0.25) is 0 Å². The predicted octanol–water partition coefficient (Wildman–Crippen LogP) is 3.33. The zero-order valence-electron chi connectivity index (χ0n) is 14.5. The van der Waals surface area contributed by atoms with Gasteiger partial charge in [0, 0.05) is 31.1 Å². The highest BCUT2D eigenvalue weighted by molar-refractivity contribution is 5.77. The van der Waals surface area contributed by atoms with Crippen molar-refractivity contribution in [3.8, 4) is 0 Å². The van der Waals surface area contributed by atoms with Crippen LogP contribution in [0.15, 0.2) is 0 Å². The van der Waals surface area contributed by atoms with Crippen LogP contribution in [0, 0.1) is 16.7 Å². The number of fused-ring (bicyclic) bond motifs is 4. The van der Waals surface area contributed by atoms with Crippen LogP contribution >= 0.6 is 0 Å². The molecule has 1 amide bonds. The maximum atomic E-state index is 12.9. The van der Waals surface area contributed by atoms with Crippen LogP contribution in [0.4, 0.5) is 0 Å². The van der Waals surface area contributed by atoms with Gasteiger partial charge >= 0.3 is 0 Å². The summed E-state index contributed by atoms with van der Waals surface area (Å²) in [6.07, 6.45) is 9.62. The lowest BCUT2D eigenvalue weighted by atomic mass is 9.65. The number of carbonyl (C=O) groups excluding carboxylic acids is 1. The molecule has 3 heteroatoms. The van der Waals surface area contributed by atoms with E-state index in [4.69, 9.17) is 0 Å². The van der Waals surface area contributed by atoms with Crippen LogP contribution in [0.5, 0.6) is 0 Å². The number of hydrogen-bond donors (Lipinski definition) is 1. The highest BCUT2D eigenvalue weighted by Crippen LogP contribution is 2.52. The first-order valence-corrected chi connectivity index (χ1v) is 9.38. The van der Waals surface area contributed by atoms with Crippen molar-refractivity contribution >= 4 is 5.91 Å². The van der Waals surface area contributed by atoms with Gasteiger partial charge in [-0.2, -0.15) is 0 Å². The third-order valence-electron chi connectivity index (χ3n) is 6.77. The highest BCUT2D eigenvalue weighted by Gasteiger charge is 2.51. The summed E-state index contributed by atoms with van der Waals surface area (Å²) in [5.74, 6) is 1.09. The number of carbonyl (C=O) groups is 1. The normalized spacial score (nSPS) is 46.0. The summed E-state index contributed by atoms with van der Waals surface area (Å²) in [7, 11) is 0. The predicted molar refractivity (Wildman–Crippen MR) is 88.5 cm³/mol. The Labute approximate surface area is 135 Å². The first-order valence-electron chi connectivity index (χ1n) is 9.38. The number of rotatable bonds is 2. The average Bonchev–Trinajstić information content (AvgIpc) is 2.85. The van der Waals surface area contributed by atoms with Crippen molar-refractivity contribution in [3.63, 3.8) is 0 Å². The molecule has 0 spiro atoms. The van der Waals surface area contributed by atoms with Gasteiger partial charge in [0.05, 0.1) is 0 Å². The smallest absolute Gasteiger partial charge is 0.223 e. The van der Waals surface area contributed by atoms with Crippen LogP contribution in [0.25, 0.3) is 0 Å². The summed E-state index contributed by atoms with van der Waals surface area (Å²) in [6.45, 7) is 8.18. The summed E-state index contributed by atoms with van der Waals surface area (Å²) >= 11 is 0. The van der Waals surface area contributed by atoms with E-state index in [-0.39, 0.29) is 0 Å². The Bertz CT molecular complexity index is 462. The van der Waals surface area contributed by atoms with E-state index in [1.54, 1.807) is 0 Å². The maximum Gasteiger partial charge on any atom is 0.223 e. The highest BCUT2D eigenvalue weighted by atomic mass is 16.2. The summed E-state index contributed by atoms with van der Waals surface area (Å²) in [5, 5.41) is 3.69. The molecule has 22 heavy (non-hydrogen) atoms. The fourth-order valence-electron chi connectivity index (χ4n) is 6.46. The third-order valence-corrected chi connectivity index (χ3v) is 6.77. The van der Waals surface area contributed by atoms with Gasteiger partial charge in [-0.3, -0.25) is 4.79 Å². The topological polar surface area (TPSA) is 32.3 Å². The van der Waals surface area contributed by atoms with Gasteiger partial charge in [0.1, 0.15) is 0 Å². The first kappa shape index (κ1) is 15.0. The monoisotopic (exact) mass is 304 g/mol. The van der Waals surface area contributed by atoms with Gasteiger partial charge in [-0.25, -0.2) is 0 Å². The van der Waals surface area contributed by atoms with Crippen molar-refractivity contribution in [2.24, 2.45) is 16.7 Å². The number of nitrogens with one attached hydrogen (secondary N) is 1. The second-order valence-electron chi connectivity index (χ2n) is 9.91. The molecule has 124 valence electrons. The van der Waals surface area contributed by atoms with Gasteiger partial charge in [-0.1, -0.05) is 20.8 Å². The Morgan fingerprint density at radius 1 is 1.14 bits per heavy atom. The van der Waals surface area contributed by atoms with Crippen LogP contribution in [0.3, 0.4) is 0 Å². The zero-order chi connectivity index (χ0) is 15.5. The van der Waals surface area contributed by atoms with Crippen molar-refractivity contribution < 1.29 is 4.79 Å². The Morgan fingerprint density at radius 2 is 1.82 bits per heavy atom. The summed E-state index contributed by atoms with van der Waals surface area (Å²) in [4.78, 5) is 15.2. The van der Waals surface area contributed by atoms with Gasteiger partial charge in [-0.05, 0) is 61.7 Å². The van der Waals surface area contributed by atoms with Gasteiger partial charge in [0.25, 0.3) is 0 Å². The van der Waals surface area contributed by atoms with E-state index in [9.17, 15) is 4.79 Å². The molecule has 1 aliphatic carbocycles. The molecule has 0 aromatic rings. The summed E-state index contributed by atoms with van der Waals surface area (Å²) in [5.41, 5.74) is 0.774. The van der Waals surface area contributed by atoms with Crippen LogP contribution < -0.4 is 5.32 Å². The first-order chi connectivity index (χ1) is 10.3. The van der Waals surface area contributed by atoms with Gasteiger partial charge in [0.2, 0.25) is 5.91 Å². The molecule has 1 saturated carbocycles. The molecule has 4 aliphatic rings. The Morgan fingerprint density at radius 3 is 2.50 bits per heavy atom. The minimum absolute atomic E-state index is 0.370. The number of piperidine rings is 1. The lowest BCUT2D eigenvalue weighted by Gasteiger charge is -2.39. The van der Waals surface area contributed by atoms with E-state index in [2.05, 4.69) is 31.0 Å². The molecule has 4 bridgehead atoms. The number of amides is 1. The molecule has 3 heterocycles. The van der Waals surface area contributed by atoms with E-state index in [1.807, 2.05) is 0 Å². The van der Waals surface area contributed by atoms with Gasteiger partial charge in [-0.15, -0.1) is 0 Å². The molecule has 4 atom stereocenters. The molecule has 3 saturated heterocycles. The molecular weight excluding hydrogens is 272 g/mol. The van der Waals surface area contributed by atoms with Gasteiger partial charge in [0.15, 0.2) is 0 Å². The lowest BCUT2D eigenvalue weighted by Crippen LogP contribution is -2.42. The fraction of sp³-hybridized carbons (Fsp3) is 0.947. The van der Waals surface area contributed by atoms with E-state index in [1.165, 1.54) is 44.9 Å². The van der Waals surface area contributed by atoms with Crippen LogP contribution in [-0.4, -0.2) is 35.5 Å². The number of likely N-dealkylation sites (tertiary alicyclic amines) is 1. The van der Waals surface area contributed by atoms with Gasteiger partial charge < -0.3 is 10.2 Å². The van der Waals surface area contributed by atoms with E-state index in [0.717, 1.165) is 13.0 Å². The lowest BCUT2D eigenvalue weighted by molar-refractivity contribution is -0.133. The molecule has 4 rings (SSSR count). The van der Waals surface area contributed by atoms with E-state index >= 15 is 0 Å². The van der Waals surface area contributed by atoms with Crippen molar-refractivity contribution in [1.29, 1.82) is 0 Å². The zero-order valence-corrected chi connectivity index (χ0v) is 14.5. The standard InChI is InChI=1S/C19H32N2O/c1-18(2)9-16-10-19(3,11-18)12-21(16)17(22)8-13-6-14-4-5-15(7-13)20-14/h13-16,20H,4-12H2,1-3H3. The van der Waals surface area contributed by atoms with E-state index < -0.39 is 0 Å². The number of hydrogen-bond acceptors (Lipinski definition) is 2. The molecule has 0 aromatic carbocycles. The third kappa shape index (κ3) is 2.70. The minimum atomic E-state index is 0.370. The Balaban J connectivity index is 1.41. The Kier molecular flexibility index (Phi) is 3.38. The van der Waals surface area contributed by atoms with Crippen molar-refractivity contribution in [3.05, 3.63) is 0 Å². The second kappa shape index (κ2) is 4.96. The molecule has 3 aliphatic heterocycles. The van der Waals surface area contributed by atoms with E-state index in [0.29, 0.717) is 40.8 Å². The molecule has 0 radical (unpaired) electrons. The SMILES string of the molecule is CC1(C)CC2CC(C)(CN2C(=O)CC2CC3CCC(C2)N3)C1. The molecule has 0 aromatic heterocycles. The van der Waals surface area contributed by atoms with Crippen LogP contribution in [-0.2, 0) is 4.79 Å². The van der Waals surface area contributed by atoms with Crippen LogP contribution in [0.1, 0.15) is 72.1 Å². The fourth-order valence-corrected chi connectivity index (χ4v) is 6.46. The van der Waals surface area contributed by atoms with Crippen molar-refractivity contribution in [1.82, 2.24) is 10.2 Å². The largest absolute Gasteiger partial charge is 0.339 e. The minimum Gasteiger partial charge on any atom is -0.339 e. The average molecular weight is 304 g/mol. The molecule has 4 fully saturated rings. The molecular formula is C19H32N2O. The number of nitrogens with zero attached hydrogens (tertiary/aromatic N) is 1. The second-order valence-corrected chi connectivity index (χ2v) is 9.91. The summed E-state index contributed by atoms with van der Waals surface area (Å²) in [6, 6.07) is 1.91. The Hall–Kier alpha value is -0.570. The molecule has 1 N–H and O–H groups in total. The van der Waals surface area contributed by atoms with Crippen molar-refractivity contribution in [2.45, 2.75) is 90.3 Å². The van der Waals surface area contributed by atoms with Crippen molar-refractivity contribution in [2.75, 3.05) is 6.54 Å².